The molecule has 1 saturated heterocycles. The van der Waals surface area contributed by atoms with Gasteiger partial charge in [-0.05, 0) is 31.2 Å². The van der Waals surface area contributed by atoms with Crippen molar-refractivity contribution in [2.75, 3.05) is 19.7 Å². The molecule has 0 saturated carbocycles. The third kappa shape index (κ3) is 2.68. The molecule has 1 fully saturated rings. The van der Waals surface area contributed by atoms with E-state index in [1.807, 2.05) is 0 Å². The van der Waals surface area contributed by atoms with Gasteiger partial charge in [-0.15, -0.1) is 0 Å². The molecule has 2 heteroatoms. The van der Waals surface area contributed by atoms with Gasteiger partial charge in [-0.1, -0.05) is 20.8 Å². The van der Waals surface area contributed by atoms with Crippen molar-refractivity contribution in [2.24, 2.45) is 11.3 Å². The number of nitrogens with zero attached hydrogens (tertiary/aromatic N) is 1. The number of aliphatic hydroxyl groups is 1. The minimum atomic E-state index is 0.352. The van der Waals surface area contributed by atoms with E-state index in [-0.39, 0.29) is 0 Å². The average Bonchev–Trinajstić information content (AvgIpc) is 2.48. The predicted octanol–water partition coefficient (Wildman–Crippen LogP) is 1.74. The molecule has 1 N–H and O–H groups in total. The highest BCUT2D eigenvalue weighted by molar-refractivity contribution is 4.85. The number of aliphatic hydroxyl groups excluding tert-OH is 1. The van der Waals surface area contributed by atoms with E-state index in [1.54, 1.807) is 0 Å². The first-order valence-electron chi connectivity index (χ1n) is 5.30. The van der Waals surface area contributed by atoms with Gasteiger partial charge in [0, 0.05) is 19.2 Å². The van der Waals surface area contributed by atoms with Gasteiger partial charge in [0.15, 0.2) is 0 Å². The first kappa shape index (κ1) is 11.0. The molecule has 0 radical (unpaired) electrons. The number of rotatable bonds is 2. The Balaban J connectivity index is 2.46. The van der Waals surface area contributed by atoms with Gasteiger partial charge >= 0.3 is 0 Å². The fraction of sp³-hybridized carbons (Fsp3) is 1.00. The standard InChI is InChI=1S/C11H23NO/c1-9(11(2,3)4)12-6-5-10(7-12)8-13/h9-10,13H,5-8H2,1-4H3. The first-order chi connectivity index (χ1) is 5.95. The molecular weight excluding hydrogens is 162 g/mol. The van der Waals surface area contributed by atoms with Crippen LogP contribution in [0.3, 0.4) is 0 Å². The highest BCUT2D eigenvalue weighted by Gasteiger charge is 2.31. The lowest BCUT2D eigenvalue weighted by molar-refractivity contribution is 0.128. The second kappa shape index (κ2) is 3.97. The van der Waals surface area contributed by atoms with Gasteiger partial charge in [0.2, 0.25) is 0 Å². The summed E-state index contributed by atoms with van der Waals surface area (Å²) in [6.45, 7) is 11.7. The highest BCUT2D eigenvalue weighted by atomic mass is 16.3. The Kier molecular flexibility index (Phi) is 3.36. The van der Waals surface area contributed by atoms with Crippen molar-refractivity contribution in [2.45, 2.75) is 40.2 Å². The van der Waals surface area contributed by atoms with Crippen molar-refractivity contribution in [1.82, 2.24) is 4.90 Å². The van der Waals surface area contributed by atoms with Crippen LogP contribution in [-0.2, 0) is 0 Å². The quantitative estimate of drug-likeness (QED) is 0.708. The fourth-order valence-corrected chi connectivity index (χ4v) is 1.91. The van der Waals surface area contributed by atoms with Gasteiger partial charge < -0.3 is 5.11 Å². The van der Waals surface area contributed by atoms with E-state index in [4.69, 9.17) is 5.11 Å². The van der Waals surface area contributed by atoms with E-state index < -0.39 is 0 Å². The maximum atomic E-state index is 9.04. The smallest absolute Gasteiger partial charge is 0.0471 e. The van der Waals surface area contributed by atoms with Crippen molar-refractivity contribution < 1.29 is 5.11 Å². The maximum absolute atomic E-state index is 9.04. The van der Waals surface area contributed by atoms with Gasteiger partial charge in [0.25, 0.3) is 0 Å². The number of hydrogen-bond acceptors (Lipinski definition) is 2. The zero-order valence-corrected chi connectivity index (χ0v) is 9.38. The normalized spacial score (nSPS) is 27.9. The lowest BCUT2D eigenvalue weighted by atomic mass is 9.87. The van der Waals surface area contributed by atoms with Gasteiger partial charge in [0.1, 0.15) is 0 Å². The second-order valence-corrected chi connectivity index (χ2v) is 5.37. The predicted molar refractivity (Wildman–Crippen MR) is 55.7 cm³/mol. The average molecular weight is 185 g/mol. The van der Waals surface area contributed by atoms with Crippen LogP contribution in [0.5, 0.6) is 0 Å². The number of hydrogen-bond donors (Lipinski definition) is 1. The van der Waals surface area contributed by atoms with E-state index in [0.717, 1.165) is 19.5 Å². The summed E-state index contributed by atoms with van der Waals surface area (Å²) in [4.78, 5) is 2.50. The third-order valence-corrected chi connectivity index (χ3v) is 3.38. The van der Waals surface area contributed by atoms with Crippen molar-refractivity contribution >= 4 is 0 Å². The van der Waals surface area contributed by atoms with Crippen LogP contribution in [0.25, 0.3) is 0 Å². The SMILES string of the molecule is CC(N1CCC(CO)C1)C(C)(C)C. The van der Waals surface area contributed by atoms with E-state index >= 15 is 0 Å². The maximum Gasteiger partial charge on any atom is 0.0471 e. The molecule has 2 nitrogen and oxygen atoms in total. The van der Waals surface area contributed by atoms with Crippen LogP contribution in [0.4, 0.5) is 0 Å². The van der Waals surface area contributed by atoms with E-state index in [1.165, 1.54) is 0 Å². The van der Waals surface area contributed by atoms with Crippen LogP contribution in [0, 0.1) is 11.3 Å². The van der Waals surface area contributed by atoms with Gasteiger partial charge in [-0.2, -0.15) is 0 Å². The van der Waals surface area contributed by atoms with Gasteiger partial charge in [-0.25, -0.2) is 0 Å². The molecule has 0 amide bonds. The lowest BCUT2D eigenvalue weighted by Gasteiger charge is -2.35. The summed E-state index contributed by atoms with van der Waals surface area (Å²) in [5, 5.41) is 9.04. The van der Waals surface area contributed by atoms with Crippen molar-refractivity contribution in [3.8, 4) is 0 Å². The molecule has 1 aliphatic heterocycles. The van der Waals surface area contributed by atoms with E-state index in [9.17, 15) is 0 Å². The Morgan fingerprint density at radius 2 is 2.08 bits per heavy atom. The topological polar surface area (TPSA) is 23.5 Å². The zero-order valence-electron chi connectivity index (χ0n) is 9.38. The minimum Gasteiger partial charge on any atom is -0.396 e. The van der Waals surface area contributed by atoms with Crippen LogP contribution in [0.2, 0.25) is 0 Å². The highest BCUT2D eigenvalue weighted by Crippen LogP contribution is 2.28. The molecule has 2 unspecified atom stereocenters. The molecule has 1 aliphatic rings. The van der Waals surface area contributed by atoms with E-state index in [2.05, 4.69) is 32.6 Å². The summed E-state index contributed by atoms with van der Waals surface area (Å²) < 4.78 is 0. The molecule has 0 aromatic carbocycles. The molecule has 0 aromatic heterocycles. The Labute approximate surface area is 81.9 Å². The molecule has 0 bridgehead atoms. The molecular formula is C11H23NO. The van der Waals surface area contributed by atoms with E-state index in [0.29, 0.717) is 24.0 Å². The van der Waals surface area contributed by atoms with Gasteiger partial charge in [-0.3, -0.25) is 4.90 Å². The third-order valence-electron chi connectivity index (χ3n) is 3.38. The summed E-state index contributed by atoms with van der Waals surface area (Å²) in [7, 11) is 0. The monoisotopic (exact) mass is 185 g/mol. The molecule has 1 rings (SSSR count). The zero-order chi connectivity index (χ0) is 10.1. The number of likely N-dealkylation sites (tertiary alicyclic amines) is 1. The Hall–Kier alpha value is -0.0800. The summed E-state index contributed by atoms with van der Waals surface area (Å²) in [5.41, 5.74) is 0.352. The molecule has 0 aliphatic carbocycles. The lowest BCUT2D eigenvalue weighted by Crippen LogP contribution is -2.40. The fourth-order valence-electron chi connectivity index (χ4n) is 1.91. The van der Waals surface area contributed by atoms with Crippen LogP contribution in [-0.4, -0.2) is 35.7 Å². The van der Waals surface area contributed by atoms with Crippen LogP contribution in [0.15, 0.2) is 0 Å². The largest absolute Gasteiger partial charge is 0.396 e. The summed E-state index contributed by atoms with van der Waals surface area (Å²) in [6, 6.07) is 0.615. The van der Waals surface area contributed by atoms with Gasteiger partial charge in [0.05, 0.1) is 0 Å². The summed E-state index contributed by atoms with van der Waals surface area (Å²) in [6.07, 6.45) is 1.16. The van der Waals surface area contributed by atoms with Crippen LogP contribution >= 0.6 is 0 Å². The Bertz CT molecular complexity index is 162. The van der Waals surface area contributed by atoms with Crippen LogP contribution in [0.1, 0.15) is 34.1 Å². The Morgan fingerprint density at radius 1 is 1.46 bits per heavy atom. The Morgan fingerprint density at radius 3 is 2.46 bits per heavy atom. The molecule has 78 valence electrons. The van der Waals surface area contributed by atoms with Crippen molar-refractivity contribution in [1.29, 1.82) is 0 Å². The van der Waals surface area contributed by atoms with Crippen molar-refractivity contribution in [3.05, 3.63) is 0 Å². The molecule has 0 aromatic rings. The molecule has 0 spiro atoms. The summed E-state index contributed by atoms with van der Waals surface area (Å²) >= 11 is 0. The summed E-state index contributed by atoms with van der Waals surface area (Å²) in [5.74, 6) is 0.518. The second-order valence-electron chi connectivity index (χ2n) is 5.37. The van der Waals surface area contributed by atoms with Crippen molar-refractivity contribution in [3.63, 3.8) is 0 Å². The molecule has 13 heavy (non-hydrogen) atoms. The molecule has 2 atom stereocenters. The first-order valence-corrected chi connectivity index (χ1v) is 5.30. The molecule has 1 heterocycles. The van der Waals surface area contributed by atoms with Crippen LogP contribution < -0.4 is 0 Å². The minimum absolute atomic E-state index is 0.352.